The number of aromatic amines is 1. The Hall–Kier alpha value is -1.81. The fourth-order valence-corrected chi connectivity index (χ4v) is 11.5. The smallest absolute Gasteiger partial charge is 0.330 e. The minimum Gasteiger partial charge on any atom is -0.756 e. The number of hydrogen-bond donors (Lipinski definition) is 2. The molecule has 0 bridgehead atoms. The molecule has 0 aromatic carbocycles. The lowest BCUT2D eigenvalue weighted by Gasteiger charge is -2.58. The van der Waals surface area contributed by atoms with Crippen molar-refractivity contribution in [2.75, 3.05) is 6.61 Å². The monoisotopic (exact) mass is 715 g/mol. The third kappa shape index (κ3) is 8.06. The molecule has 50 heavy (non-hydrogen) atoms. The first-order valence-corrected chi connectivity index (χ1v) is 21.0. The van der Waals surface area contributed by atoms with Crippen molar-refractivity contribution in [3.8, 4) is 0 Å². The predicted molar refractivity (Wildman–Crippen MR) is 191 cm³/mol. The van der Waals surface area contributed by atoms with E-state index < -0.39 is 37.5 Å². The second-order valence-corrected chi connectivity index (χ2v) is 17.8. The van der Waals surface area contributed by atoms with E-state index in [9.17, 15) is 23.9 Å². The number of allylic oxidation sites excluding steroid dienone is 1. The van der Waals surface area contributed by atoms with Gasteiger partial charge >= 0.3 is 5.69 Å². The van der Waals surface area contributed by atoms with E-state index in [1.165, 1.54) is 87.8 Å². The molecule has 1 aromatic rings. The summed E-state index contributed by atoms with van der Waals surface area (Å²) in [6.07, 6.45) is 24.0. The van der Waals surface area contributed by atoms with Crippen LogP contribution in [0.1, 0.15) is 135 Å². The summed E-state index contributed by atoms with van der Waals surface area (Å²) in [6.45, 7) is 9.27. The van der Waals surface area contributed by atoms with Gasteiger partial charge < -0.3 is 23.8 Å². The number of nitrogens with zero attached hydrogens (tertiary/aromatic N) is 1. The van der Waals surface area contributed by atoms with Crippen LogP contribution in [-0.2, 0) is 18.6 Å². The molecule has 1 aliphatic heterocycles. The molecule has 5 aliphatic rings. The molecule has 280 valence electrons. The van der Waals surface area contributed by atoms with Gasteiger partial charge in [0.25, 0.3) is 13.4 Å². The Labute approximate surface area is 297 Å². The Morgan fingerprint density at radius 2 is 1.86 bits per heavy atom. The van der Waals surface area contributed by atoms with E-state index in [1.807, 2.05) is 0 Å². The molecular formula is C39H60N2O8P-. The lowest BCUT2D eigenvalue weighted by Crippen LogP contribution is -2.50. The fourth-order valence-electron chi connectivity index (χ4n) is 10.9. The highest BCUT2D eigenvalue weighted by atomic mass is 31.2. The Bertz CT molecular complexity index is 1560. The van der Waals surface area contributed by atoms with Gasteiger partial charge in [0.05, 0.1) is 12.2 Å². The number of fused-ring (bicyclic) bond motifs is 5. The van der Waals surface area contributed by atoms with Crippen LogP contribution in [0.5, 0.6) is 0 Å². The molecule has 0 saturated heterocycles. The first-order chi connectivity index (χ1) is 23.8. The van der Waals surface area contributed by atoms with Crippen LogP contribution in [0.3, 0.4) is 0 Å². The largest absolute Gasteiger partial charge is 0.756 e. The quantitative estimate of drug-likeness (QED) is 0.110. The molecule has 0 radical (unpaired) electrons. The van der Waals surface area contributed by atoms with Gasteiger partial charge in [0, 0.05) is 24.8 Å². The number of H-pyrrole nitrogens is 1. The van der Waals surface area contributed by atoms with Gasteiger partial charge in [-0.15, -0.1) is 0 Å². The van der Waals surface area contributed by atoms with Crippen LogP contribution in [0, 0.1) is 41.4 Å². The molecule has 3 fully saturated rings. The van der Waals surface area contributed by atoms with E-state index in [0.717, 1.165) is 42.9 Å². The molecule has 2 N–H and O–H groups in total. The van der Waals surface area contributed by atoms with Gasteiger partial charge in [-0.3, -0.25) is 18.9 Å². The summed E-state index contributed by atoms with van der Waals surface area (Å²) in [5.41, 5.74) is 1.48. The van der Waals surface area contributed by atoms with Crippen molar-refractivity contribution < 1.29 is 28.3 Å². The molecular weight excluding hydrogens is 655 g/mol. The highest BCUT2D eigenvalue weighted by molar-refractivity contribution is 7.44. The zero-order chi connectivity index (χ0) is 35.7. The van der Waals surface area contributed by atoms with Crippen LogP contribution >= 0.6 is 7.82 Å². The van der Waals surface area contributed by atoms with Crippen molar-refractivity contribution in [3.05, 3.63) is 56.4 Å². The van der Waals surface area contributed by atoms with Crippen LogP contribution < -0.4 is 16.1 Å². The van der Waals surface area contributed by atoms with Gasteiger partial charge in [0.2, 0.25) is 0 Å². The zero-order valence-electron chi connectivity index (χ0n) is 30.6. The summed E-state index contributed by atoms with van der Waals surface area (Å²) in [5.74, 6) is 3.26. The highest BCUT2D eigenvalue weighted by Crippen LogP contribution is 2.67. The molecule has 8 unspecified atom stereocenters. The second kappa shape index (κ2) is 15.7. The summed E-state index contributed by atoms with van der Waals surface area (Å²) < 4.78 is 30.4. The molecule has 0 amide bonds. The number of aryl methyl sites for hydroxylation is 1. The first kappa shape index (κ1) is 37.9. The van der Waals surface area contributed by atoms with Gasteiger partial charge in [0.1, 0.15) is 6.10 Å². The molecule has 10 nitrogen and oxygen atoms in total. The summed E-state index contributed by atoms with van der Waals surface area (Å²) in [7, 11) is -5.08. The van der Waals surface area contributed by atoms with E-state index >= 15 is 0 Å². The van der Waals surface area contributed by atoms with Gasteiger partial charge in [-0.05, 0) is 105 Å². The predicted octanol–water partition coefficient (Wildman–Crippen LogP) is 7.25. The van der Waals surface area contributed by atoms with Gasteiger partial charge in [-0.25, -0.2) is 4.79 Å². The van der Waals surface area contributed by atoms with E-state index in [2.05, 4.69) is 31.8 Å². The number of hydrogen-bond acceptors (Lipinski definition) is 7. The standard InChI is InChI=1S/C39H61N2O8P/c1-5-6-7-8-9-10-11-27-13-15-31-30-14-12-28-24-29(18-21-39(28,4)32(30)19-22-38(27,31)3)47-23-20-34(49-50(44,45)46)33-16-17-35(48-33)41-25-26(2)36(42)40-37(41)43/h12,16-17,25,27,29-35H,5-11,13-15,18-24H2,1-4H3,(H,40,42,43)(H2,44,45,46)/p-1/t27?,29-,30?,31?,32?,33-,34?,35+,38?,39?/m0/s1. The average molecular weight is 716 g/mol. The minimum atomic E-state index is -5.08. The van der Waals surface area contributed by atoms with Crippen molar-refractivity contribution in [3.63, 3.8) is 0 Å². The van der Waals surface area contributed by atoms with Gasteiger partial charge in [0.15, 0.2) is 6.23 Å². The topological polar surface area (TPSA) is 143 Å². The number of nitrogens with one attached hydrogen (secondary N) is 1. The van der Waals surface area contributed by atoms with E-state index in [4.69, 9.17) is 14.0 Å². The number of phosphoric ester groups is 1. The lowest BCUT2D eigenvalue weighted by molar-refractivity contribution is -0.228. The Balaban J connectivity index is 1.03. The molecule has 6 rings (SSSR count). The molecule has 0 spiro atoms. The van der Waals surface area contributed by atoms with E-state index in [1.54, 1.807) is 24.6 Å². The summed E-state index contributed by atoms with van der Waals surface area (Å²) in [6, 6.07) is 0. The van der Waals surface area contributed by atoms with Crippen molar-refractivity contribution in [2.45, 2.75) is 155 Å². The summed E-state index contributed by atoms with van der Waals surface area (Å²) in [4.78, 5) is 47.8. The zero-order valence-corrected chi connectivity index (χ0v) is 31.5. The molecule has 3 saturated carbocycles. The van der Waals surface area contributed by atoms with Crippen LogP contribution in [0.4, 0.5) is 0 Å². The summed E-state index contributed by atoms with van der Waals surface area (Å²) >= 11 is 0. The molecule has 1 aromatic heterocycles. The average Bonchev–Trinajstić information content (AvgIpc) is 3.68. The second-order valence-electron chi connectivity index (χ2n) is 16.6. The van der Waals surface area contributed by atoms with Crippen molar-refractivity contribution in [1.82, 2.24) is 9.55 Å². The Kier molecular flexibility index (Phi) is 11.9. The maximum absolute atomic E-state index is 12.4. The van der Waals surface area contributed by atoms with Crippen molar-refractivity contribution >= 4 is 7.82 Å². The number of aromatic nitrogens is 2. The molecule has 2 heterocycles. The van der Waals surface area contributed by atoms with Crippen molar-refractivity contribution in [1.29, 1.82) is 0 Å². The molecule has 11 atom stereocenters. The van der Waals surface area contributed by atoms with Crippen LogP contribution in [0.15, 0.2) is 39.6 Å². The van der Waals surface area contributed by atoms with Crippen LogP contribution in [-0.4, -0.2) is 39.4 Å². The maximum Gasteiger partial charge on any atom is 0.330 e. The Morgan fingerprint density at radius 3 is 2.64 bits per heavy atom. The fraction of sp³-hybridized carbons (Fsp3) is 0.795. The number of unbranched alkanes of at least 4 members (excludes halogenated alkanes) is 5. The van der Waals surface area contributed by atoms with Crippen molar-refractivity contribution in [2.24, 2.45) is 34.5 Å². The molecule has 4 aliphatic carbocycles. The SMILES string of the molecule is CCCCCCCCC1CCC2C3CC=C4C[C@@H](OCCC(OP(=O)([O-])O)[C@@H]5C=C[C@H](n6cc(C)c(=O)[nH]c6=O)O5)CCC4(C)C3CCC12C. The minimum absolute atomic E-state index is 0.0391. The van der Waals surface area contributed by atoms with Gasteiger partial charge in [-0.1, -0.05) is 77.0 Å². The maximum atomic E-state index is 12.4. The summed E-state index contributed by atoms with van der Waals surface area (Å²) in [5, 5.41) is 0. The van der Waals surface area contributed by atoms with E-state index in [0.29, 0.717) is 11.0 Å². The third-order valence-electron chi connectivity index (χ3n) is 13.7. The first-order valence-electron chi connectivity index (χ1n) is 19.5. The van der Waals surface area contributed by atoms with Gasteiger partial charge in [-0.2, -0.15) is 0 Å². The third-order valence-corrected chi connectivity index (χ3v) is 14.3. The number of ether oxygens (including phenoxy) is 2. The van der Waals surface area contributed by atoms with Crippen LogP contribution in [0.2, 0.25) is 0 Å². The number of rotatable bonds is 15. The highest BCUT2D eigenvalue weighted by Gasteiger charge is 2.58. The molecule has 11 heteroatoms. The number of phosphoric acid groups is 1. The lowest BCUT2D eigenvalue weighted by atomic mass is 9.47. The van der Waals surface area contributed by atoms with Crippen LogP contribution in [0.25, 0.3) is 0 Å². The Morgan fingerprint density at radius 1 is 1.08 bits per heavy atom. The normalized spacial score (nSPS) is 36.7. The van der Waals surface area contributed by atoms with E-state index in [-0.39, 0.29) is 24.5 Å².